The number of cyclic esters (lactones) is 1. The van der Waals surface area contributed by atoms with Crippen LogP contribution in [0.4, 0.5) is 0 Å². The Bertz CT molecular complexity index is 441. The van der Waals surface area contributed by atoms with E-state index in [4.69, 9.17) is 27.9 Å². The summed E-state index contributed by atoms with van der Waals surface area (Å²) < 4.78 is 4.74. The van der Waals surface area contributed by atoms with Crippen LogP contribution in [0.5, 0.6) is 0 Å². The minimum Gasteiger partial charge on any atom is -0.419 e. The number of hydrogen-bond acceptors (Lipinski definition) is 3. The number of rotatable bonds is 1. The molecule has 1 unspecified atom stereocenters. The Kier molecular flexibility index (Phi) is 2.46. The highest BCUT2D eigenvalue weighted by molar-refractivity contribution is 6.48. The Morgan fingerprint density at radius 3 is 2.27 bits per heavy atom. The number of aliphatic hydroxyl groups is 1. The van der Waals surface area contributed by atoms with Gasteiger partial charge in [0.2, 0.25) is 0 Å². The van der Waals surface area contributed by atoms with Gasteiger partial charge < -0.3 is 9.84 Å². The standard InChI is InChI=1S/C10H6Cl2O3/c11-7-8(12)10(14,15-9(7)13)6-4-2-1-3-5-6/h1-5,14H. The molecule has 0 aliphatic carbocycles. The molecule has 0 saturated carbocycles. The molecule has 0 radical (unpaired) electrons. The van der Waals surface area contributed by atoms with E-state index in [1.807, 2.05) is 0 Å². The van der Waals surface area contributed by atoms with Crippen molar-refractivity contribution in [3.63, 3.8) is 0 Å². The summed E-state index contributed by atoms with van der Waals surface area (Å²) in [4.78, 5) is 11.1. The van der Waals surface area contributed by atoms with Crippen LogP contribution in [0.2, 0.25) is 0 Å². The molecule has 0 spiro atoms. The third kappa shape index (κ3) is 1.53. The molecule has 0 aromatic heterocycles. The van der Waals surface area contributed by atoms with Crippen molar-refractivity contribution in [2.75, 3.05) is 0 Å². The molecule has 1 aliphatic rings. The molecule has 0 saturated heterocycles. The molecule has 78 valence electrons. The smallest absolute Gasteiger partial charge is 0.354 e. The van der Waals surface area contributed by atoms with Crippen LogP contribution in [0, 0.1) is 0 Å². The molecule has 1 heterocycles. The van der Waals surface area contributed by atoms with Gasteiger partial charge in [0.05, 0.1) is 0 Å². The van der Waals surface area contributed by atoms with Crippen molar-refractivity contribution in [3.8, 4) is 0 Å². The van der Waals surface area contributed by atoms with E-state index in [9.17, 15) is 9.90 Å². The second kappa shape index (κ2) is 3.52. The van der Waals surface area contributed by atoms with Gasteiger partial charge in [0.1, 0.15) is 10.1 Å². The summed E-state index contributed by atoms with van der Waals surface area (Å²) in [6.07, 6.45) is 0. The van der Waals surface area contributed by atoms with Crippen molar-refractivity contribution in [1.29, 1.82) is 0 Å². The summed E-state index contributed by atoms with van der Waals surface area (Å²) in [7, 11) is 0. The molecule has 1 N–H and O–H groups in total. The Hall–Kier alpha value is -1.03. The maximum atomic E-state index is 11.1. The van der Waals surface area contributed by atoms with Crippen LogP contribution < -0.4 is 0 Å². The lowest BCUT2D eigenvalue weighted by molar-refractivity contribution is -0.183. The van der Waals surface area contributed by atoms with Gasteiger partial charge in [-0.1, -0.05) is 53.5 Å². The summed E-state index contributed by atoms with van der Waals surface area (Å²) >= 11 is 11.3. The van der Waals surface area contributed by atoms with Gasteiger partial charge in [-0.05, 0) is 0 Å². The number of carbonyl (C=O) groups excluding carboxylic acids is 1. The van der Waals surface area contributed by atoms with E-state index in [1.54, 1.807) is 30.3 Å². The number of esters is 1. The van der Waals surface area contributed by atoms with Crippen LogP contribution in [0.15, 0.2) is 40.4 Å². The third-order valence-corrected chi connectivity index (χ3v) is 2.96. The second-order valence-electron chi connectivity index (χ2n) is 3.03. The summed E-state index contributed by atoms with van der Waals surface area (Å²) in [5, 5.41) is 9.56. The minimum atomic E-state index is -1.95. The number of hydrogen-bond donors (Lipinski definition) is 1. The Balaban J connectivity index is 2.51. The van der Waals surface area contributed by atoms with Gasteiger partial charge in [0.25, 0.3) is 5.79 Å². The molecule has 0 amide bonds. The number of benzene rings is 1. The number of ether oxygens (including phenoxy) is 1. The van der Waals surface area contributed by atoms with E-state index in [-0.39, 0.29) is 10.1 Å². The van der Waals surface area contributed by atoms with E-state index < -0.39 is 11.8 Å². The molecule has 1 aliphatic heterocycles. The van der Waals surface area contributed by atoms with Gasteiger partial charge in [-0.2, -0.15) is 0 Å². The summed E-state index contributed by atoms with van der Waals surface area (Å²) in [6, 6.07) is 8.33. The molecular formula is C10H6Cl2O3. The first-order chi connectivity index (χ1) is 7.05. The Labute approximate surface area is 95.9 Å². The summed E-state index contributed by atoms with van der Waals surface area (Å²) in [6.45, 7) is 0. The lowest BCUT2D eigenvalue weighted by atomic mass is 10.1. The van der Waals surface area contributed by atoms with E-state index in [2.05, 4.69) is 0 Å². The fourth-order valence-electron chi connectivity index (χ4n) is 1.31. The average molecular weight is 245 g/mol. The quantitative estimate of drug-likeness (QED) is 0.770. The molecule has 1 aromatic rings. The lowest BCUT2D eigenvalue weighted by Gasteiger charge is -2.21. The highest BCUT2D eigenvalue weighted by Crippen LogP contribution is 2.42. The largest absolute Gasteiger partial charge is 0.419 e. The average Bonchev–Trinajstić information content (AvgIpc) is 2.45. The Morgan fingerprint density at radius 2 is 1.80 bits per heavy atom. The maximum Gasteiger partial charge on any atom is 0.354 e. The number of carbonyl (C=O) groups is 1. The van der Waals surface area contributed by atoms with Gasteiger partial charge in [0, 0.05) is 5.56 Å². The van der Waals surface area contributed by atoms with E-state index >= 15 is 0 Å². The molecule has 1 aromatic carbocycles. The molecule has 0 bridgehead atoms. The van der Waals surface area contributed by atoms with Gasteiger partial charge >= 0.3 is 5.97 Å². The van der Waals surface area contributed by atoms with E-state index in [0.717, 1.165) is 0 Å². The minimum absolute atomic E-state index is 0.208. The SMILES string of the molecule is O=C1OC(O)(c2ccccc2)C(Cl)=C1Cl. The van der Waals surface area contributed by atoms with Crippen molar-refractivity contribution in [1.82, 2.24) is 0 Å². The number of halogens is 2. The van der Waals surface area contributed by atoms with Crippen molar-refractivity contribution in [3.05, 3.63) is 46.0 Å². The van der Waals surface area contributed by atoms with Crippen LogP contribution in [0.1, 0.15) is 5.56 Å². The molecule has 2 rings (SSSR count). The van der Waals surface area contributed by atoms with Gasteiger partial charge in [-0.15, -0.1) is 0 Å². The maximum absolute atomic E-state index is 11.1. The zero-order valence-corrected chi connectivity index (χ0v) is 8.92. The van der Waals surface area contributed by atoms with Gasteiger partial charge in [0.15, 0.2) is 0 Å². The predicted molar refractivity (Wildman–Crippen MR) is 55.2 cm³/mol. The van der Waals surface area contributed by atoms with Gasteiger partial charge in [-0.25, -0.2) is 4.79 Å². The van der Waals surface area contributed by atoms with Crippen LogP contribution >= 0.6 is 23.2 Å². The molecule has 0 fully saturated rings. The first-order valence-corrected chi connectivity index (χ1v) is 4.88. The molecule has 15 heavy (non-hydrogen) atoms. The van der Waals surface area contributed by atoms with Gasteiger partial charge in [-0.3, -0.25) is 0 Å². The zero-order valence-electron chi connectivity index (χ0n) is 7.41. The topological polar surface area (TPSA) is 46.5 Å². The van der Waals surface area contributed by atoms with Crippen LogP contribution in [0.25, 0.3) is 0 Å². The third-order valence-electron chi connectivity index (χ3n) is 2.07. The fraction of sp³-hybridized carbons (Fsp3) is 0.100. The zero-order chi connectivity index (χ0) is 11.1. The molecule has 5 heteroatoms. The highest BCUT2D eigenvalue weighted by atomic mass is 35.5. The van der Waals surface area contributed by atoms with Crippen molar-refractivity contribution in [2.45, 2.75) is 5.79 Å². The van der Waals surface area contributed by atoms with Crippen molar-refractivity contribution in [2.24, 2.45) is 0 Å². The predicted octanol–water partition coefficient (Wildman–Crippen LogP) is 2.08. The van der Waals surface area contributed by atoms with Crippen molar-refractivity contribution >= 4 is 29.2 Å². The normalized spacial score (nSPS) is 25.7. The first-order valence-electron chi connectivity index (χ1n) is 4.12. The monoisotopic (exact) mass is 244 g/mol. The summed E-state index contributed by atoms with van der Waals surface area (Å²) in [5.41, 5.74) is 0.360. The van der Waals surface area contributed by atoms with Crippen molar-refractivity contribution < 1.29 is 14.6 Å². The first kappa shape index (κ1) is 10.5. The fourth-order valence-corrected chi connectivity index (χ4v) is 1.70. The molecule has 3 nitrogen and oxygen atoms in total. The molecule has 1 atom stereocenters. The summed E-state index contributed by atoms with van der Waals surface area (Å²) in [5.74, 6) is -2.77. The van der Waals surface area contributed by atoms with E-state index in [0.29, 0.717) is 5.56 Å². The van der Waals surface area contributed by atoms with Crippen LogP contribution in [-0.2, 0) is 15.3 Å². The lowest BCUT2D eigenvalue weighted by Crippen LogP contribution is -2.26. The Morgan fingerprint density at radius 1 is 1.20 bits per heavy atom. The van der Waals surface area contributed by atoms with Crippen LogP contribution in [0.3, 0.4) is 0 Å². The van der Waals surface area contributed by atoms with Crippen LogP contribution in [-0.4, -0.2) is 11.1 Å². The second-order valence-corrected chi connectivity index (χ2v) is 3.78. The molecular weight excluding hydrogens is 239 g/mol. The van der Waals surface area contributed by atoms with E-state index in [1.165, 1.54) is 0 Å². The highest BCUT2D eigenvalue weighted by Gasteiger charge is 2.46.